The number of halogens is 1. The zero-order valence-electron chi connectivity index (χ0n) is 16.0. The second-order valence-electron chi connectivity index (χ2n) is 7.48. The van der Waals surface area contributed by atoms with E-state index >= 15 is 0 Å². The first-order valence-corrected chi connectivity index (χ1v) is 9.68. The highest BCUT2D eigenvalue weighted by Gasteiger charge is 2.38. The first kappa shape index (κ1) is 18.5. The van der Waals surface area contributed by atoms with Crippen LogP contribution >= 0.6 is 0 Å². The van der Waals surface area contributed by atoms with E-state index in [-0.39, 0.29) is 30.0 Å². The molecule has 0 saturated carbocycles. The lowest BCUT2D eigenvalue weighted by Crippen LogP contribution is -2.50. The Morgan fingerprint density at radius 3 is 2.36 bits per heavy atom. The summed E-state index contributed by atoms with van der Waals surface area (Å²) in [6.07, 6.45) is 0.269. The smallest absolute Gasteiger partial charge is 0.228 e. The zero-order chi connectivity index (χ0) is 19.7. The molecule has 0 radical (unpaired) electrons. The molecule has 0 bridgehead atoms. The van der Waals surface area contributed by atoms with E-state index in [0.717, 1.165) is 16.9 Å². The van der Waals surface area contributed by atoms with E-state index in [1.54, 1.807) is 17.0 Å². The summed E-state index contributed by atoms with van der Waals surface area (Å²) in [5, 5.41) is 0. The van der Waals surface area contributed by atoms with Crippen LogP contribution in [0.2, 0.25) is 0 Å². The van der Waals surface area contributed by atoms with Gasteiger partial charge >= 0.3 is 0 Å². The molecule has 2 aromatic carbocycles. The minimum Gasteiger partial charge on any atom is -0.368 e. The summed E-state index contributed by atoms with van der Waals surface area (Å²) in [4.78, 5) is 31.2. The summed E-state index contributed by atoms with van der Waals surface area (Å²) in [5.74, 6) is -0.466. The van der Waals surface area contributed by atoms with Crippen molar-refractivity contribution in [2.45, 2.75) is 13.3 Å². The van der Waals surface area contributed by atoms with Gasteiger partial charge in [0.2, 0.25) is 11.8 Å². The lowest BCUT2D eigenvalue weighted by molar-refractivity contribution is -0.136. The maximum atomic E-state index is 13.1. The maximum Gasteiger partial charge on any atom is 0.228 e. The highest BCUT2D eigenvalue weighted by molar-refractivity contribution is 6.00. The number of para-hydroxylation sites is 1. The fourth-order valence-corrected chi connectivity index (χ4v) is 4.07. The molecule has 4 rings (SSSR count). The highest BCUT2D eigenvalue weighted by atomic mass is 19.1. The average molecular weight is 381 g/mol. The maximum absolute atomic E-state index is 13.1. The van der Waals surface area contributed by atoms with Gasteiger partial charge in [0.25, 0.3) is 0 Å². The molecule has 2 aromatic rings. The highest BCUT2D eigenvalue weighted by Crippen LogP contribution is 2.29. The number of carbonyl (C=O) groups is 2. The minimum atomic E-state index is -0.288. The van der Waals surface area contributed by atoms with Gasteiger partial charge in [-0.25, -0.2) is 4.39 Å². The standard InChI is InChI=1S/C22H24FN3O2/c1-16-4-2-3-5-20(16)26-15-17(14-21(26)27)22(28)25-12-10-24(11-13-25)19-8-6-18(23)7-9-19/h2-9,17H,10-15H2,1H3/t17-/m0/s1. The van der Waals surface area contributed by atoms with Crippen LogP contribution in [-0.2, 0) is 9.59 Å². The van der Waals surface area contributed by atoms with E-state index in [4.69, 9.17) is 0 Å². The van der Waals surface area contributed by atoms with Crippen molar-refractivity contribution in [3.63, 3.8) is 0 Å². The monoisotopic (exact) mass is 381 g/mol. The molecule has 0 aromatic heterocycles. The molecular formula is C22H24FN3O2. The molecule has 2 amide bonds. The van der Waals surface area contributed by atoms with Gasteiger partial charge in [-0.3, -0.25) is 9.59 Å². The van der Waals surface area contributed by atoms with Crippen molar-refractivity contribution in [2.24, 2.45) is 5.92 Å². The van der Waals surface area contributed by atoms with Crippen LogP contribution in [0.3, 0.4) is 0 Å². The number of amides is 2. The summed E-state index contributed by atoms with van der Waals surface area (Å²) in [6, 6.07) is 14.2. The van der Waals surface area contributed by atoms with Gasteiger partial charge in [0, 0.05) is 50.5 Å². The number of rotatable bonds is 3. The van der Waals surface area contributed by atoms with Crippen LogP contribution < -0.4 is 9.80 Å². The van der Waals surface area contributed by atoms with Crippen LogP contribution in [0.5, 0.6) is 0 Å². The fraction of sp³-hybridized carbons (Fsp3) is 0.364. The SMILES string of the molecule is Cc1ccccc1N1C[C@@H](C(=O)N2CCN(c3ccc(F)cc3)CC2)CC1=O. The van der Waals surface area contributed by atoms with Crippen LogP contribution in [0.25, 0.3) is 0 Å². The van der Waals surface area contributed by atoms with Crippen molar-refractivity contribution < 1.29 is 14.0 Å². The Labute approximate surface area is 164 Å². The topological polar surface area (TPSA) is 43.9 Å². The lowest BCUT2D eigenvalue weighted by atomic mass is 10.1. The van der Waals surface area contributed by atoms with Crippen molar-refractivity contribution in [3.8, 4) is 0 Å². The minimum absolute atomic E-state index is 0.0117. The van der Waals surface area contributed by atoms with Crippen LogP contribution in [0, 0.1) is 18.7 Å². The number of nitrogens with zero attached hydrogens (tertiary/aromatic N) is 3. The van der Waals surface area contributed by atoms with Crippen molar-refractivity contribution in [1.29, 1.82) is 0 Å². The second-order valence-corrected chi connectivity index (χ2v) is 7.48. The van der Waals surface area contributed by atoms with E-state index in [0.29, 0.717) is 32.7 Å². The third-order valence-electron chi connectivity index (χ3n) is 5.66. The van der Waals surface area contributed by atoms with Gasteiger partial charge in [0.15, 0.2) is 0 Å². The summed E-state index contributed by atoms with van der Waals surface area (Å²) in [6.45, 7) is 5.07. The van der Waals surface area contributed by atoms with E-state index in [9.17, 15) is 14.0 Å². The number of aryl methyl sites for hydroxylation is 1. The summed E-state index contributed by atoms with van der Waals surface area (Å²) in [5.41, 5.74) is 2.90. The van der Waals surface area contributed by atoms with Crippen LogP contribution in [0.1, 0.15) is 12.0 Å². The van der Waals surface area contributed by atoms with Gasteiger partial charge in [0.05, 0.1) is 5.92 Å². The number of carbonyl (C=O) groups excluding carboxylic acids is 2. The van der Waals surface area contributed by atoms with Gasteiger partial charge in [0.1, 0.15) is 5.82 Å². The molecule has 1 atom stereocenters. The number of benzene rings is 2. The van der Waals surface area contributed by atoms with Gasteiger partial charge in [-0.1, -0.05) is 18.2 Å². The Morgan fingerprint density at radius 2 is 1.68 bits per heavy atom. The molecule has 2 heterocycles. The number of hydrogen-bond acceptors (Lipinski definition) is 3. The van der Waals surface area contributed by atoms with Crippen molar-refractivity contribution in [1.82, 2.24) is 4.90 Å². The molecule has 0 aliphatic carbocycles. The molecule has 146 valence electrons. The number of hydrogen-bond donors (Lipinski definition) is 0. The van der Waals surface area contributed by atoms with Crippen molar-refractivity contribution >= 4 is 23.2 Å². The molecular weight excluding hydrogens is 357 g/mol. The van der Waals surface area contributed by atoms with E-state index < -0.39 is 0 Å². The first-order valence-electron chi connectivity index (χ1n) is 9.68. The van der Waals surface area contributed by atoms with E-state index in [1.165, 1.54) is 12.1 Å². The average Bonchev–Trinajstić information content (AvgIpc) is 3.10. The molecule has 2 saturated heterocycles. The Hall–Kier alpha value is -2.89. The van der Waals surface area contributed by atoms with Gasteiger partial charge in [-0.05, 0) is 42.8 Å². The second kappa shape index (κ2) is 7.62. The third kappa shape index (κ3) is 3.59. The summed E-state index contributed by atoms with van der Waals surface area (Å²) in [7, 11) is 0. The predicted molar refractivity (Wildman–Crippen MR) is 107 cm³/mol. The fourth-order valence-electron chi connectivity index (χ4n) is 4.07. The Bertz CT molecular complexity index is 876. The quantitative estimate of drug-likeness (QED) is 0.821. The van der Waals surface area contributed by atoms with Crippen molar-refractivity contribution in [3.05, 3.63) is 59.9 Å². The first-order chi connectivity index (χ1) is 13.5. The molecule has 2 fully saturated rings. The third-order valence-corrected chi connectivity index (χ3v) is 5.66. The van der Waals surface area contributed by atoms with Gasteiger partial charge in [-0.2, -0.15) is 0 Å². The van der Waals surface area contributed by atoms with E-state index in [2.05, 4.69) is 4.90 Å². The van der Waals surface area contributed by atoms with Crippen LogP contribution in [0.4, 0.5) is 15.8 Å². The van der Waals surface area contributed by atoms with Crippen LogP contribution in [-0.4, -0.2) is 49.4 Å². The molecule has 6 heteroatoms. The number of piperazine rings is 1. The molecule has 28 heavy (non-hydrogen) atoms. The molecule has 5 nitrogen and oxygen atoms in total. The zero-order valence-corrected chi connectivity index (χ0v) is 16.0. The molecule has 2 aliphatic rings. The van der Waals surface area contributed by atoms with Gasteiger partial charge < -0.3 is 14.7 Å². The Morgan fingerprint density at radius 1 is 1.00 bits per heavy atom. The molecule has 0 spiro atoms. The number of anilines is 2. The molecule has 0 N–H and O–H groups in total. The van der Waals surface area contributed by atoms with E-state index in [1.807, 2.05) is 36.1 Å². The van der Waals surface area contributed by atoms with Crippen molar-refractivity contribution in [2.75, 3.05) is 42.5 Å². The largest absolute Gasteiger partial charge is 0.368 e. The Balaban J connectivity index is 1.37. The molecule has 0 unspecified atom stereocenters. The predicted octanol–water partition coefficient (Wildman–Crippen LogP) is 2.84. The lowest BCUT2D eigenvalue weighted by Gasteiger charge is -2.37. The normalized spacial score (nSPS) is 20.0. The summed E-state index contributed by atoms with van der Waals surface area (Å²) < 4.78 is 13.1. The summed E-state index contributed by atoms with van der Waals surface area (Å²) >= 11 is 0. The van der Waals surface area contributed by atoms with Gasteiger partial charge in [-0.15, -0.1) is 0 Å². The molecule has 2 aliphatic heterocycles. The Kier molecular flexibility index (Phi) is 5.03. The van der Waals surface area contributed by atoms with Crippen LogP contribution in [0.15, 0.2) is 48.5 Å².